The Labute approximate surface area is 113 Å². The summed E-state index contributed by atoms with van der Waals surface area (Å²) >= 11 is 0. The second-order valence-corrected chi connectivity index (χ2v) is 5.10. The van der Waals surface area contributed by atoms with Crippen molar-refractivity contribution < 1.29 is 14.3 Å². The topological polar surface area (TPSA) is 54.6 Å². The summed E-state index contributed by atoms with van der Waals surface area (Å²) in [4.78, 5) is 0. The quantitative estimate of drug-likeness (QED) is 0.840. The van der Waals surface area contributed by atoms with Crippen LogP contribution in [-0.4, -0.2) is 30.4 Å². The Morgan fingerprint density at radius 2 is 2.16 bits per heavy atom. The van der Waals surface area contributed by atoms with E-state index in [1.165, 1.54) is 0 Å². The zero-order chi connectivity index (χ0) is 13.8. The molecule has 1 unspecified atom stereocenters. The normalized spacial score (nSPS) is 13.1. The number of rotatable bonds is 6. The summed E-state index contributed by atoms with van der Waals surface area (Å²) < 4.78 is 11.0. The van der Waals surface area contributed by atoms with Gasteiger partial charge >= 0.3 is 0 Å². The molecule has 0 aliphatic carbocycles. The Kier molecular flexibility index (Phi) is 4.45. The molecule has 0 aliphatic rings. The van der Waals surface area contributed by atoms with E-state index in [0.29, 0.717) is 18.3 Å². The molecular weight excluding hydrogens is 242 g/mol. The number of hydrogen-bond donors (Lipinski definition) is 2. The fourth-order valence-electron chi connectivity index (χ4n) is 1.85. The molecule has 0 spiro atoms. The van der Waals surface area contributed by atoms with Crippen LogP contribution in [0.1, 0.15) is 19.4 Å². The van der Waals surface area contributed by atoms with Crippen molar-refractivity contribution in [2.24, 2.45) is 0 Å². The van der Waals surface area contributed by atoms with E-state index < -0.39 is 6.10 Å². The summed E-state index contributed by atoms with van der Waals surface area (Å²) in [7, 11) is 0. The van der Waals surface area contributed by atoms with E-state index in [0.717, 1.165) is 16.5 Å². The van der Waals surface area contributed by atoms with Crippen molar-refractivity contribution >= 4 is 11.0 Å². The highest BCUT2D eigenvalue weighted by Gasteiger charge is 2.08. The molecule has 19 heavy (non-hydrogen) atoms. The first kappa shape index (κ1) is 13.9. The number of furan rings is 1. The van der Waals surface area contributed by atoms with Crippen molar-refractivity contribution in [2.45, 2.75) is 32.9 Å². The predicted octanol–water partition coefficient (Wildman–Crippen LogP) is 2.48. The van der Waals surface area contributed by atoms with E-state index in [2.05, 4.69) is 5.32 Å². The number of nitrogens with one attached hydrogen (secondary N) is 1. The summed E-state index contributed by atoms with van der Waals surface area (Å²) in [5.74, 6) is 0.713. The van der Waals surface area contributed by atoms with Gasteiger partial charge in [-0.1, -0.05) is 13.8 Å². The Bertz CT molecular complexity index is 533. The largest absolute Gasteiger partial charge is 0.491 e. The van der Waals surface area contributed by atoms with Gasteiger partial charge in [0.15, 0.2) is 0 Å². The second-order valence-electron chi connectivity index (χ2n) is 5.10. The molecule has 2 rings (SSSR count). The molecule has 0 saturated carbocycles. The average molecular weight is 263 g/mol. The number of benzene rings is 1. The standard InChI is InChI=1S/C15H21NO3/c1-10(2)16-7-12(17)9-18-13-4-5-14-11(3)8-19-15(14)6-13/h4-6,8,10,12,16-17H,7,9H2,1-3H3. The number of ether oxygens (including phenoxy) is 1. The Morgan fingerprint density at radius 1 is 1.37 bits per heavy atom. The van der Waals surface area contributed by atoms with Gasteiger partial charge in [0.05, 0.1) is 6.26 Å². The van der Waals surface area contributed by atoms with Crippen LogP contribution in [0, 0.1) is 6.92 Å². The van der Waals surface area contributed by atoms with Gasteiger partial charge in [0.1, 0.15) is 24.0 Å². The third-order valence-electron chi connectivity index (χ3n) is 2.94. The fourth-order valence-corrected chi connectivity index (χ4v) is 1.85. The molecule has 1 aromatic carbocycles. The minimum absolute atomic E-state index is 0.269. The number of aliphatic hydroxyl groups is 1. The van der Waals surface area contributed by atoms with Crippen LogP contribution >= 0.6 is 0 Å². The lowest BCUT2D eigenvalue weighted by molar-refractivity contribution is 0.104. The smallest absolute Gasteiger partial charge is 0.137 e. The van der Waals surface area contributed by atoms with Crippen LogP contribution in [0.15, 0.2) is 28.9 Å². The van der Waals surface area contributed by atoms with Crippen LogP contribution in [0.3, 0.4) is 0 Å². The molecule has 0 saturated heterocycles. The van der Waals surface area contributed by atoms with Gasteiger partial charge in [-0.15, -0.1) is 0 Å². The van der Waals surface area contributed by atoms with Gasteiger partial charge in [-0.3, -0.25) is 0 Å². The van der Waals surface area contributed by atoms with Gasteiger partial charge in [0.2, 0.25) is 0 Å². The van der Waals surface area contributed by atoms with E-state index in [4.69, 9.17) is 9.15 Å². The molecule has 1 atom stereocenters. The summed E-state index contributed by atoms with van der Waals surface area (Å²) in [5, 5.41) is 14.0. The van der Waals surface area contributed by atoms with Gasteiger partial charge in [-0.25, -0.2) is 0 Å². The van der Waals surface area contributed by atoms with Crippen LogP contribution in [0.4, 0.5) is 0 Å². The van der Waals surface area contributed by atoms with E-state index in [-0.39, 0.29) is 6.61 Å². The first-order valence-electron chi connectivity index (χ1n) is 6.58. The highest BCUT2D eigenvalue weighted by Crippen LogP contribution is 2.24. The molecule has 2 aromatic rings. The third-order valence-corrected chi connectivity index (χ3v) is 2.94. The van der Waals surface area contributed by atoms with E-state index in [1.807, 2.05) is 39.0 Å². The van der Waals surface area contributed by atoms with Crippen LogP contribution < -0.4 is 10.1 Å². The highest BCUT2D eigenvalue weighted by molar-refractivity contribution is 5.81. The fraction of sp³-hybridized carbons (Fsp3) is 0.467. The van der Waals surface area contributed by atoms with Crippen LogP contribution in [0.5, 0.6) is 5.75 Å². The van der Waals surface area contributed by atoms with Gasteiger partial charge in [0, 0.05) is 24.0 Å². The first-order chi connectivity index (χ1) is 9.06. The maximum absolute atomic E-state index is 9.77. The molecule has 2 N–H and O–H groups in total. The van der Waals surface area contributed by atoms with Gasteiger partial charge in [-0.2, -0.15) is 0 Å². The van der Waals surface area contributed by atoms with E-state index in [1.54, 1.807) is 6.26 Å². The Morgan fingerprint density at radius 3 is 2.89 bits per heavy atom. The lowest BCUT2D eigenvalue weighted by atomic mass is 10.2. The monoisotopic (exact) mass is 263 g/mol. The van der Waals surface area contributed by atoms with Gasteiger partial charge in [-0.05, 0) is 24.6 Å². The molecule has 0 fully saturated rings. The van der Waals surface area contributed by atoms with Crippen molar-refractivity contribution in [1.82, 2.24) is 5.32 Å². The second kappa shape index (κ2) is 6.08. The van der Waals surface area contributed by atoms with Crippen LogP contribution in [0.2, 0.25) is 0 Å². The van der Waals surface area contributed by atoms with Gasteiger partial charge in [0.25, 0.3) is 0 Å². The molecule has 1 aromatic heterocycles. The summed E-state index contributed by atoms with van der Waals surface area (Å²) in [6.45, 7) is 6.89. The van der Waals surface area contributed by atoms with Crippen molar-refractivity contribution in [2.75, 3.05) is 13.2 Å². The molecule has 104 valence electrons. The molecule has 4 heteroatoms. The number of aliphatic hydroxyl groups excluding tert-OH is 1. The number of aryl methyl sites for hydroxylation is 1. The molecule has 0 amide bonds. The van der Waals surface area contributed by atoms with E-state index in [9.17, 15) is 5.11 Å². The molecular formula is C15H21NO3. The minimum atomic E-state index is -0.517. The first-order valence-corrected chi connectivity index (χ1v) is 6.58. The highest BCUT2D eigenvalue weighted by atomic mass is 16.5. The molecule has 0 bridgehead atoms. The lowest BCUT2D eigenvalue weighted by Crippen LogP contribution is -2.35. The van der Waals surface area contributed by atoms with Crippen molar-refractivity contribution in [3.05, 3.63) is 30.0 Å². The Hall–Kier alpha value is -1.52. The zero-order valence-electron chi connectivity index (χ0n) is 11.6. The zero-order valence-corrected chi connectivity index (χ0v) is 11.6. The average Bonchev–Trinajstić information content (AvgIpc) is 2.75. The molecule has 0 aliphatic heterocycles. The molecule has 1 heterocycles. The van der Waals surface area contributed by atoms with Gasteiger partial charge < -0.3 is 19.6 Å². The number of hydrogen-bond acceptors (Lipinski definition) is 4. The van der Waals surface area contributed by atoms with Crippen molar-refractivity contribution in [3.8, 4) is 5.75 Å². The van der Waals surface area contributed by atoms with Crippen LogP contribution in [-0.2, 0) is 0 Å². The molecule has 4 nitrogen and oxygen atoms in total. The maximum Gasteiger partial charge on any atom is 0.137 e. The third kappa shape index (κ3) is 3.72. The SMILES string of the molecule is Cc1coc2cc(OCC(O)CNC(C)C)ccc12. The van der Waals surface area contributed by atoms with Crippen molar-refractivity contribution in [3.63, 3.8) is 0 Å². The van der Waals surface area contributed by atoms with E-state index >= 15 is 0 Å². The minimum Gasteiger partial charge on any atom is -0.491 e. The summed E-state index contributed by atoms with van der Waals surface area (Å²) in [6.07, 6.45) is 1.21. The number of fused-ring (bicyclic) bond motifs is 1. The lowest BCUT2D eigenvalue weighted by Gasteiger charge is -2.14. The predicted molar refractivity (Wildman–Crippen MR) is 75.6 cm³/mol. The maximum atomic E-state index is 9.77. The molecule has 0 radical (unpaired) electrons. The Balaban J connectivity index is 1.90. The van der Waals surface area contributed by atoms with Crippen LogP contribution in [0.25, 0.3) is 11.0 Å². The van der Waals surface area contributed by atoms with Crippen molar-refractivity contribution in [1.29, 1.82) is 0 Å². The summed E-state index contributed by atoms with van der Waals surface area (Å²) in [6, 6.07) is 6.08. The summed E-state index contributed by atoms with van der Waals surface area (Å²) in [5.41, 5.74) is 1.92.